The predicted octanol–water partition coefficient (Wildman–Crippen LogP) is 1.18. The van der Waals surface area contributed by atoms with E-state index in [4.69, 9.17) is 0 Å². The summed E-state index contributed by atoms with van der Waals surface area (Å²) >= 11 is 0. The van der Waals surface area contributed by atoms with E-state index in [-0.39, 0.29) is 11.9 Å². The maximum Gasteiger partial charge on any atom is 0.310 e. The Morgan fingerprint density at radius 2 is 1.89 bits per heavy atom. The number of carbonyl (C=O) groups is 2. The third-order valence-electron chi connectivity index (χ3n) is 4.84. The summed E-state index contributed by atoms with van der Waals surface area (Å²) in [6, 6.07) is -0.189. The minimum absolute atomic E-state index is 0.162. The maximum absolute atomic E-state index is 12.3. The van der Waals surface area contributed by atoms with Gasteiger partial charge in [0.15, 0.2) is 0 Å². The number of hydrogen-bond acceptors (Lipinski definition) is 3. The second-order valence-electron chi connectivity index (χ2n) is 5.87. The maximum atomic E-state index is 12.3. The lowest BCUT2D eigenvalue weighted by atomic mass is 9.84. The van der Waals surface area contributed by atoms with Crippen molar-refractivity contribution >= 4 is 11.9 Å². The summed E-state index contributed by atoms with van der Waals surface area (Å²) in [7, 11) is 0. The number of nitrogens with zero attached hydrogens (tertiary/aromatic N) is 2. The molecule has 2 saturated heterocycles. The van der Waals surface area contributed by atoms with E-state index >= 15 is 0 Å². The molecule has 5 heteroatoms. The number of hydrogen-bond donors (Lipinski definition) is 1. The van der Waals surface area contributed by atoms with Crippen LogP contribution in [0.2, 0.25) is 0 Å². The standard InChI is InChI=1S/C14H24N2O3/c1-3-14(13(18)19)6-9-16(10-14)11(2)12(17)15-7-4-5-8-15/h11H,3-10H2,1-2H3,(H,18,19). The molecule has 0 radical (unpaired) electrons. The van der Waals surface area contributed by atoms with E-state index in [1.807, 2.05) is 23.6 Å². The van der Waals surface area contributed by atoms with Crippen molar-refractivity contribution in [2.75, 3.05) is 26.2 Å². The van der Waals surface area contributed by atoms with Gasteiger partial charge in [-0.3, -0.25) is 14.5 Å². The van der Waals surface area contributed by atoms with E-state index in [2.05, 4.69) is 0 Å². The van der Waals surface area contributed by atoms with E-state index in [0.29, 0.717) is 25.9 Å². The SMILES string of the molecule is CCC1(C(=O)O)CCN(C(C)C(=O)N2CCCC2)C1. The molecule has 2 aliphatic heterocycles. The van der Waals surface area contributed by atoms with Crippen LogP contribution < -0.4 is 0 Å². The van der Waals surface area contributed by atoms with E-state index in [1.165, 1.54) is 0 Å². The highest BCUT2D eigenvalue weighted by molar-refractivity contribution is 5.82. The monoisotopic (exact) mass is 268 g/mol. The molecule has 2 unspecified atom stereocenters. The number of carboxylic acid groups (broad SMARTS) is 1. The Morgan fingerprint density at radius 1 is 1.26 bits per heavy atom. The van der Waals surface area contributed by atoms with E-state index in [1.54, 1.807) is 0 Å². The third-order valence-corrected chi connectivity index (χ3v) is 4.84. The molecular weight excluding hydrogens is 244 g/mol. The van der Waals surface area contributed by atoms with Crippen LogP contribution in [0, 0.1) is 5.41 Å². The zero-order chi connectivity index (χ0) is 14.0. The van der Waals surface area contributed by atoms with Crippen molar-refractivity contribution in [2.24, 2.45) is 5.41 Å². The number of carboxylic acids is 1. The van der Waals surface area contributed by atoms with Crippen molar-refractivity contribution in [2.45, 2.75) is 45.6 Å². The van der Waals surface area contributed by atoms with Crippen LogP contribution in [0.25, 0.3) is 0 Å². The van der Waals surface area contributed by atoms with Gasteiger partial charge in [-0.15, -0.1) is 0 Å². The van der Waals surface area contributed by atoms with Gasteiger partial charge in [-0.25, -0.2) is 0 Å². The molecule has 1 N–H and O–H groups in total. The summed E-state index contributed by atoms with van der Waals surface area (Å²) in [5, 5.41) is 9.39. The van der Waals surface area contributed by atoms with Gasteiger partial charge in [0, 0.05) is 26.2 Å². The van der Waals surface area contributed by atoms with Crippen LogP contribution >= 0.6 is 0 Å². The third kappa shape index (κ3) is 2.61. The fourth-order valence-corrected chi connectivity index (χ4v) is 3.21. The molecule has 2 heterocycles. The van der Waals surface area contributed by atoms with Crippen molar-refractivity contribution in [3.05, 3.63) is 0 Å². The molecule has 0 saturated carbocycles. The topological polar surface area (TPSA) is 60.9 Å². The Labute approximate surface area is 114 Å². The number of likely N-dealkylation sites (tertiary alicyclic amines) is 2. The van der Waals surface area contributed by atoms with E-state index in [0.717, 1.165) is 25.9 Å². The first-order valence-corrected chi connectivity index (χ1v) is 7.26. The van der Waals surface area contributed by atoms with Crippen LogP contribution in [0.3, 0.4) is 0 Å². The molecule has 1 amide bonds. The summed E-state index contributed by atoms with van der Waals surface area (Å²) < 4.78 is 0. The number of carbonyl (C=O) groups excluding carboxylic acids is 1. The van der Waals surface area contributed by atoms with Gasteiger partial charge in [-0.1, -0.05) is 6.92 Å². The Hall–Kier alpha value is -1.10. The summed E-state index contributed by atoms with van der Waals surface area (Å²) in [6.07, 6.45) is 3.46. The fraction of sp³-hybridized carbons (Fsp3) is 0.857. The van der Waals surface area contributed by atoms with Gasteiger partial charge in [-0.2, -0.15) is 0 Å². The van der Waals surface area contributed by atoms with Gasteiger partial charge >= 0.3 is 5.97 Å². The summed E-state index contributed by atoms with van der Waals surface area (Å²) in [5.74, 6) is -0.562. The molecule has 0 bridgehead atoms. The number of amides is 1. The highest BCUT2D eigenvalue weighted by Gasteiger charge is 2.45. The normalized spacial score (nSPS) is 29.7. The largest absolute Gasteiger partial charge is 0.481 e. The van der Waals surface area contributed by atoms with Crippen LogP contribution in [0.4, 0.5) is 0 Å². The molecule has 5 nitrogen and oxygen atoms in total. The Balaban J connectivity index is 1.99. The molecule has 0 aromatic heterocycles. The molecule has 2 rings (SSSR count). The molecule has 0 spiro atoms. The van der Waals surface area contributed by atoms with Gasteiger partial charge in [-0.05, 0) is 32.6 Å². The van der Waals surface area contributed by atoms with Crippen LogP contribution in [-0.2, 0) is 9.59 Å². The first kappa shape index (κ1) is 14.3. The first-order chi connectivity index (χ1) is 9.00. The van der Waals surface area contributed by atoms with Gasteiger partial charge in [0.25, 0.3) is 0 Å². The number of aliphatic carboxylic acids is 1. The van der Waals surface area contributed by atoms with Crippen molar-refractivity contribution in [1.29, 1.82) is 0 Å². The molecular formula is C14H24N2O3. The highest BCUT2D eigenvalue weighted by atomic mass is 16.4. The van der Waals surface area contributed by atoms with Crippen LogP contribution in [0.1, 0.15) is 39.5 Å². The van der Waals surface area contributed by atoms with Gasteiger partial charge < -0.3 is 10.0 Å². The number of rotatable bonds is 4. The molecule has 19 heavy (non-hydrogen) atoms. The lowest BCUT2D eigenvalue weighted by Gasteiger charge is -2.29. The molecule has 0 aliphatic carbocycles. The second kappa shape index (κ2) is 5.49. The second-order valence-corrected chi connectivity index (χ2v) is 5.87. The molecule has 2 aliphatic rings. The summed E-state index contributed by atoms with van der Waals surface area (Å²) in [6.45, 7) is 6.75. The average molecular weight is 268 g/mol. The minimum atomic E-state index is -0.724. The van der Waals surface area contributed by atoms with Crippen molar-refractivity contribution in [3.63, 3.8) is 0 Å². The zero-order valence-electron chi connectivity index (χ0n) is 11.9. The summed E-state index contributed by atoms with van der Waals surface area (Å²) in [5.41, 5.74) is -0.653. The lowest BCUT2D eigenvalue weighted by Crippen LogP contribution is -2.46. The van der Waals surface area contributed by atoms with Crippen molar-refractivity contribution < 1.29 is 14.7 Å². The Bertz CT molecular complexity index is 366. The smallest absolute Gasteiger partial charge is 0.310 e. The van der Waals surface area contributed by atoms with Crippen molar-refractivity contribution in [1.82, 2.24) is 9.80 Å². The molecule has 108 valence electrons. The van der Waals surface area contributed by atoms with Crippen LogP contribution in [0.15, 0.2) is 0 Å². The average Bonchev–Trinajstić information content (AvgIpc) is 3.06. The zero-order valence-corrected chi connectivity index (χ0v) is 11.9. The fourth-order valence-electron chi connectivity index (χ4n) is 3.21. The van der Waals surface area contributed by atoms with Gasteiger partial charge in [0.2, 0.25) is 5.91 Å². The Morgan fingerprint density at radius 3 is 2.37 bits per heavy atom. The highest BCUT2D eigenvalue weighted by Crippen LogP contribution is 2.35. The van der Waals surface area contributed by atoms with E-state index in [9.17, 15) is 14.7 Å². The lowest BCUT2D eigenvalue weighted by molar-refractivity contribution is -0.149. The predicted molar refractivity (Wildman–Crippen MR) is 71.8 cm³/mol. The Kier molecular flexibility index (Phi) is 4.13. The minimum Gasteiger partial charge on any atom is -0.481 e. The van der Waals surface area contributed by atoms with Gasteiger partial charge in [0.05, 0.1) is 11.5 Å². The molecule has 0 aromatic carbocycles. The van der Waals surface area contributed by atoms with Gasteiger partial charge in [0.1, 0.15) is 0 Å². The van der Waals surface area contributed by atoms with Crippen molar-refractivity contribution in [3.8, 4) is 0 Å². The molecule has 2 atom stereocenters. The first-order valence-electron chi connectivity index (χ1n) is 7.26. The van der Waals surface area contributed by atoms with Crippen LogP contribution in [0.5, 0.6) is 0 Å². The molecule has 2 fully saturated rings. The summed E-state index contributed by atoms with van der Waals surface area (Å²) in [4.78, 5) is 27.7. The van der Waals surface area contributed by atoms with Crippen LogP contribution in [-0.4, -0.2) is 59.0 Å². The molecule has 0 aromatic rings. The quantitative estimate of drug-likeness (QED) is 0.832. The van der Waals surface area contributed by atoms with E-state index < -0.39 is 11.4 Å².